The lowest BCUT2D eigenvalue weighted by Gasteiger charge is -2.03. The standard InChI is InChI=1S/C13H13N5O/c1-14-9-4-2-8(3-5-9)6-11-15-7-10-12(17-11)18-13(19)16-10/h2-5,7,14H,6H2,1H3,(H2,15,16,17,18,19). The van der Waals surface area contributed by atoms with Crippen molar-refractivity contribution in [3.63, 3.8) is 0 Å². The second-order valence-electron chi connectivity index (χ2n) is 4.25. The number of nitrogens with one attached hydrogen (secondary N) is 3. The van der Waals surface area contributed by atoms with Gasteiger partial charge in [0, 0.05) is 19.2 Å². The number of anilines is 1. The zero-order valence-electron chi connectivity index (χ0n) is 10.4. The van der Waals surface area contributed by atoms with Crippen molar-refractivity contribution < 1.29 is 0 Å². The minimum atomic E-state index is -0.264. The monoisotopic (exact) mass is 255 g/mol. The second kappa shape index (κ2) is 4.56. The molecule has 0 fully saturated rings. The van der Waals surface area contributed by atoms with Crippen LogP contribution in [0.2, 0.25) is 0 Å². The third-order valence-electron chi connectivity index (χ3n) is 2.92. The third-order valence-corrected chi connectivity index (χ3v) is 2.92. The number of hydrogen-bond donors (Lipinski definition) is 3. The Labute approximate surface area is 108 Å². The molecular weight excluding hydrogens is 242 g/mol. The van der Waals surface area contributed by atoms with Gasteiger partial charge >= 0.3 is 5.69 Å². The smallest absolute Gasteiger partial charge is 0.325 e. The molecule has 0 aliphatic heterocycles. The largest absolute Gasteiger partial charge is 0.388 e. The highest BCUT2D eigenvalue weighted by molar-refractivity contribution is 5.68. The molecule has 19 heavy (non-hydrogen) atoms. The van der Waals surface area contributed by atoms with Crippen LogP contribution < -0.4 is 11.0 Å². The van der Waals surface area contributed by atoms with Gasteiger partial charge in [0.15, 0.2) is 5.65 Å². The molecule has 0 saturated carbocycles. The van der Waals surface area contributed by atoms with E-state index in [1.807, 2.05) is 31.3 Å². The fraction of sp³-hybridized carbons (Fsp3) is 0.154. The maximum Gasteiger partial charge on any atom is 0.325 e. The van der Waals surface area contributed by atoms with Crippen LogP contribution in [0.25, 0.3) is 11.2 Å². The van der Waals surface area contributed by atoms with Crippen molar-refractivity contribution in [2.45, 2.75) is 6.42 Å². The quantitative estimate of drug-likeness (QED) is 0.658. The maximum absolute atomic E-state index is 11.1. The Morgan fingerprint density at radius 3 is 2.74 bits per heavy atom. The van der Waals surface area contributed by atoms with Crippen LogP contribution in [0.5, 0.6) is 0 Å². The van der Waals surface area contributed by atoms with E-state index in [1.54, 1.807) is 6.20 Å². The van der Waals surface area contributed by atoms with E-state index in [4.69, 9.17) is 0 Å². The summed E-state index contributed by atoms with van der Waals surface area (Å²) in [6.07, 6.45) is 2.25. The molecule has 0 unspecified atom stereocenters. The minimum Gasteiger partial charge on any atom is -0.388 e. The third kappa shape index (κ3) is 2.33. The number of fused-ring (bicyclic) bond motifs is 1. The van der Waals surface area contributed by atoms with Crippen LogP contribution in [0.1, 0.15) is 11.4 Å². The van der Waals surface area contributed by atoms with Gasteiger partial charge in [-0.2, -0.15) is 0 Å². The van der Waals surface area contributed by atoms with Gasteiger partial charge in [0.1, 0.15) is 11.3 Å². The average molecular weight is 255 g/mol. The van der Waals surface area contributed by atoms with Gasteiger partial charge in [-0.25, -0.2) is 14.8 Å². The summed E-state index contributed by atoms with van der Waals surface area (Å²) in [6, 6.07) is 8.07. The van der Waals surface area contributed by atoms with Crippen LogP contribution in [0.4, 0.5) is 5.69 Å². The number of aromatic nitrogens is 4. The van der Waals surface area contributed by atoms with Gasteiger partial charge in [-0.15, -0.1) is 0 Å². The van der Waals surface area contributed by atoms with Crippen molar-refractivity contribution >= 4 is 16.9 Å². The van der Waals surface area contributed by atoms with Gasteiger partial charge in [0.25, 0.3) is 0 Å². The summed E-state index contributed by atoms with van der Waals surface area (Å²) < 4.78 is 0. The number of rotatable bonds is 3. The maximum atomic E-state index is 11.1. The summed E-state index contributed by atoms with van der Waals surface area (Å²) in [5, 5.41) is 3.07. The molecule has 0 bridgehead atoms. The first-order chi connectivity index (χ1) is 9.24. The van der Waals surface area contributed by atoms with E-state index in [2.05, 4.69) is 25.3 Å². The minimum absolute atomic E-state index is 0.264. The molecule has 2 heterocycles. The Morgan fingerprint density at radius 2 is 2.00 bits per heavy atom. The normalized spacial score (nSPS) is 10.8. The molecule has 6 heteroatoms. The molecule has 0 saturated heterocycles. The van der Waals surface area contributed by atoms with E-state index < -0.39 is 0 Å². The number of aromatic amines is 2. The molecule has 0 spiro atoms. The molecule has 0 atom stereocenters. The first kappa shape index (κ1) is 11.5. The van der Waals surface area contributed by atoms with Gasteiger partial charge in [0.2, 0.25) is 0 Å². The Hall–Kier alpha value is -2.63. The zero-order valence-corrected chi connectivity index (χ0v) is 10.4. The molecule has 2 aromatic heterocycles. The summed E-state index contributed by atoms with van der Waals surface area (Å²) in [4.78, 5) is 25.0. The number of nitrogens with zero attached hydrogens (tertiary/aromatic N) is 2. The molecule has 96 valence electrons. The van der Waals surface area contributed by atoms with Crippen LogP contribution in [0.3, 0.4) is 0 Å². The Morgan fingerprint density at radius 1 is 1.21 bits per heavy atom. The molecule has 1 aromatic carbocycles. The lowest BCUT2D eigenvalue weighted by molar-refractivity contribution is 0.986. The highest BCUT2D eigenvalue weighted by Gasteiger charge is 2.04. The summed E-state index contributed by atoms with van der Waals surface area (Å²) in [7, 11) is 1.88. The summed E-state index contributed by atoms with van der Waals surface area (Å²) >= 11 is 0. The molecule has 3 rings (SSSR count). The van der Waals surface area contributed by atoms with Gasteiger partial charge in [-0.3, -0.25) is 4.98 Å². The van der Waals surface area contributed by atoms with Crippen molar-refractivity contribution in [3.8, 4) is 0 Å². The Kier molecular flexibility index (Phi) is 2.75. The van der Waals surface area contributed by atoms with E-state index in [1.165, 1.54) is 0 Å². The number of imidazole rings is 1. The highest BCUT2D eigenvalue weighted by atomic mass is 16.1. The first-order valence-electron chi connectivity index (χ1n) is 5.95. The molecule has 3 N–H and O–H groups in total. The highest BCUT2D eigenvalue weighted by Crippen LogP contribution is 2.12. The fourth-order valence-electron chi connectivity index (χ4n) is 1.92. The molecule has 6 nitrogen and oxygen atoms in total. The lowest BCUT2D eigenvalue weighted by Crippen LogP contribution is -1.99. The average Bonchev–Trinajstić information content (AvgIpc) is 2.79. The van der Waals surface area contributed by atoms with Crippen LogP contribution in [-0.2, 0) is 6.42 Å². The second-order valence-corrected chi connectivity index (χ2v) is 4.25. The molecule has 0 aliphatic carbocycles. The summed E-state index contributed by atoms with van der Waals surface area (Å²) in [5.41, 5.74) is 3.09. The van der Waals surface area contributed by atoms with Crippen molar-refractivity contribution in [2.75, 3.05) is 12.4 Å². The zero-order chi connectivity index (χ0) is 13.2. The Balaban J connectivity index is 1.89. The van der Waals surface area contributed by atoms with Gasteiger partial charge < -0.3 is 10.3 Å². The lowest BCUT2D eigenvalue weighted by atomic mass is 10.1. The summed E-state index contributed by atoms with van der Waals surface area (Å²) in [6.45, 7) is 0. The molecule has 0 amide bonds. The molecule has 0 aliphatic rings. The van der Waals surface area contributed by atoms with Crippen LogP contribution in [0.15, 0.2) is 35.3 Å². The van der Waals surface area contributed by atoms with Gasteiger partial charge in [-0.1, -0.05) is 12.1 Å². The first-order valence-corrected chi connectivity index (χ1v) is 5.95. The summed E-state index contributed by atoms with van der Waals surface area (Å²) in [5.74, 6) is 0.681. The van der Waals surface area contributed by atoms with E-state index >= 15 is 0 Å². The molecule has 3 aromatic rings. The number of H-pyrrole nitrogens is 2. The van der Waals surface area contributed by atoms with Crippen molar-refractivity contribution in [1.82, 2.24) is 19.9 Å². The van der Waals surface area contributed by atoms with Crippen molar-refractivity contribution in [3.05, 3.63) is 52.3 Å². The predicted molar refractivity (Wildman–Crippen MR) is 73.3 cm³/mol. The van der Waals surface area contributed by atoms with Gasteiger partial charge in [0.05, 0.1) is 6.20 Å². The number of hydrogen-bond acceptors (Lipinski definition) is 4. The van der Waals surface area contributed by atoms with Gasteiger partial charge in [-0.05, 0) is 17.7 Å². The fourth-order valence-corrected chi connectivity index (χ4v) is 1.92. The van der Waals surface area contributed by atoms with Crippen molar-refractivity contribution in [2.24, 2.45) is 0 Å². The predicted octanol–water partition coefficient (Wildman–Crippen LogP) is 1.28. The number of benzene rings is 1. The van der Waals surface area contributed by atoms with E-state index in [0.717, 1.165) is 11.3 Å². The Bertz CT molecular complexity index is 757. The van der Waals surface area contributed by atoms with E-state index in [9.17, 15) is 4.79 Å². The molecular formula is C13H13N5O. The van der Waals surface area contributed by atoms with Crippen LogP contribution >= 0.6 is 0 Å². The SMILES string of the molecule is CNc1ccc(Cc2ncc3[nH]c(=O)[nH]c3n2)cc1. The van der Waals surface area contributed by atoms with Crippen LogP contribution in [-0.4, -0.2) is 27.0 Å². The topological polar surface area (TPSA) is 86.5 Å². The van der Waals surface area contributed by atoms with Crippen LogP contribution in [0, 0.1) is 0 Å². The molecule has 0 radical (unpaired) electrons. The van der Waals surface area contributed by atoms with E-state index in [0.29, 0.717) is 23.4 Å². The van der Waals surface area contributed by atoms with Crippen molar-refractivity contribution in [1.29, 1.82) is 0 Å². The van der Waals surface area contributed by atoms with E-state index in [-0.39, 0.29) is 5.69 Å².